The van der Waals surface area contributed by atoms with Crippen molar-refractivity contribution in [1.82, 2.24) is 0 Å². The molecule has 0 amide bonds. The van der Waals surface area contributed by atoms with Crippen molar-refractivity contribution in [3.63, 3.8) is 0 Å². The number of carboxylic acids is 1. The Morgan fingerprint density at radius 2 is 1.92 bits per heavy atom. The summed E-state index contributed by atoms with van der Waals surface area (Å²) in [5.74, 6) is -0.481. The van der Waals surface area contributed by atoms with Gasteiger partial charge < -0.3 is 29.5 Å². The monoisotopic (exact) mass is 346 g/mol. The van der Waals surface area contributed by atoms with E-state index in [4.69, 9.17) is 14.2 Å². The fraction of sp³-hybridized carbons (Fsp3) is 0.278. The number of rotatable bonds is 5. The Bertz CT molecular complexity index is 815. The number of hydrogen-bond acceptors (Lipinski definition) is 6. The third-order valence-corrected chi connectivity index (χ3v) is 4.23. The number of fused-ring (bicyclic) bond motifs is 1. The molecule has 25 heavy (non-hydrogen) atoms. The second kappa shape index (κ2) is 6.52. The second-order valence-electron chi connectivity index (χ2n) is 5.69. The van der Waals surface area contributed by atoms with Gasteiger partial charge in [0.05, 0.1) is 32.3 Å². The van der Waals surface area contributed by atoms with Gasteiger partial charge in [0.2, 0.25) is 0 Å². The van der Waals surface area contributed by atoms with Gasteiger partial charge in [0, 0.05) is 17.2 Å². The summed E-state index contributed by atoms with van der Waals surface area (Å²) in [5, 5.41) is 29.0. The van der Waals surface area contributed by atoms with Crippen LogP contribution in [0.5, 0.6) is 23.0 Å². The first kappa shape index (κ1) is 16.9. The molecule has 3 rings (SSSR count). The van der Waals surface area contributed by atoms with E-state index in [0.29, 0.717) is 22.6 Å². The predicted octanol–water partition coefficient (Wildman–Crippen LogP) is 2.32. The Kier molecular flexibility index (Phi) is 4.41. The molecular weight excluding hydrogens is 328 g/mol. The van der Waals surface area contributed by atoms with Gasteiger partial charge >= 0.3 is 5.97 Å². The van der Waals surface area contributed by atoms with Crippen molar-refractivity contribution in [3.05, 3.63) is 47.0 Å². The zero-order valence-electron chi connectivity index (χ0n) is 13.7. The molecule has 1 heterocycles. The molecule has 0 radical (unpaired) electrons. The number of aromatic hydroxyl groups is 1. The van der Waals surface area contributed by atoms with Crippen LogP contribution in [0.25, 0.3) is 0 Å². The molecular formula is C18H18O7. The zero-order valence-corrected chi connectivity index (χ0v) is 13.7. The van der Waals surface area contributed by atoms with Gasteiger partial charge in [-0.15, -0.1) is 0 Å². The maximum atomic E-state index is 11.3. The highest BCUT2D eigenvalue weighted by molar-refractivity contribution is 5.89. The third kappa shape index (κ3) is 2.94. The summed E-state index contributed by atoms with van der Waals surface area (Å²) in [4.78, 5) is 11.3. The number of aliphatic hydroxyl groups is 1. The minimum absolute atomic E-state index is 0.00351. The highest BCUT2D eigenvalue weighted by Gasteiger charge is 2.38. The van der Waals surface area contributed by atoms with Crippen molar-refractivity contribution in [2.45, 2.75) is 12.0 Å². The third-order valence-electron chi connectivity index (χ3n) is 4.23. The highest BCUT2D eigenvalue weighted by Crippen LogP contribution is 2.51. The number of aromatic carboxylic acids is 1. The van der Waals surface area contributed by atoms with Crippen LogP contribution in [-0.4, -0.2) is 42.1 Å². The molecule has 0 aromatic heterocycles. The molecule has 2 aromatic carbocycles. The second-order valence-corrected chi connectivity index (χ2v) is 5.69. The molecule has 0 aliphatic carbocycles. The Labute approximate surface area is 144 Å². The van der Waals surface area contributed by atoms with Gasteiger partial charge in [-0.3, -0.25) is 0 Å². The fourth-order valence-electron chi connectivity index (χ4n) is 3.05. The van der Waals surface area contributed by atoms with E-state index in [1.54, 1.807) is 6.07 Å². The van der Waals surface area contributed by atoms with E-state index in [1.165, 1.54) is 38.5 Å². The van der Waals surface area contributed by atoms with Crippen LogP contribution >= 0.6 is 0 Å². The van der Waals surface area contributed by atoms with Crippen LogP contribution in [0, 0.1) is 0 Å². The van der Waals surface area contributed by atoms with Crippen LogP contribution in [-0.2, 0) is 0 Å². The van der Waals surface area contributed by atoms with Gasteiger partial charge in [0.25, 0.3) is 0 Å². The Morgan fingerprint density at radius 3 is 2.52 bits per heavy atom. The maximum absolute atomic E-state index is 11.3. The van der Waals surface area contributed by atoms with Crippen LogP contribution < -0.4 is 14.2 Å². The van der Waals surface area contributed by atoms with E-state index in [-0.39, 0.29) is 23.7 Å². The molecule has 1 aliphatic rings. The van der Waals surface area contributed by atoms with Crippen LogP contribution in [0.4, 0.5) is 0 Å². The van der Waals surface area contributed by atoms with E-state index in [2.05, 4.69) is 0 Å². The smallest absolute Gasteiger partial charge is 0.335 e. The van der Waals surface area contributed by atoms with Crippen molar-refractivity contribution in [3.8, 4) is 23.0 Å². The van der Waals surface area contributed by atoms with Crippen molar-refractivity contribution in [2.75, 3.05) is 20.8 Å². The van der Waals surface area contributed by atoms with Crippen molar-refractivity contribution < 1.29 is 34.3 Å². The lowest BCUT2D eigenvalue weighted by Gasteiger charge is -2.18. The molecule has 0 fully saturated rings. The number of carbonyl (C=O) groups is 1. The van der Waals surface area contributed by atoms with Crippen molar-refractivity contribution in [1.29, 1.82) is 0 Å². The molecule has 2 unspecified atom stereocenters. The number of hydrogen-bond donors (Lipinski definition) is 3. The standard InChI is InChI=1S/C18H18O7/c1-23-12-4-9(3-11(20)7-12)16-14(8-19)13-5-10(18(21)22)6-15(24-2)17(13)25-16/h3-7,14,16,19-20H,8H2,1-2H3,(H,21,22). The van der Waals surface area contributed by atoms with E-state index >= 15 is 0 Å². The molecule has 7 heteroatoms. The van der Waals surface area contributed by atoms with E-state index < -0.39 is 18.0 Å². The number of methoxy groups -OCH3 is 2. The number of phenols is 1. The highest BCUT2D eigenvalue weighted by atomic mass is 16.5. The van der Waals surface area contributed by atoms with Gasteiger partial charge in [-0.1, -0.05) is 0 Å². The molecule has 0 bridgehead atoms. The molecule has 7 nitrogen and oxygen atoms in total. The SMILES string of the molecule is COc1cc(O)cc(C2Oc3c(OC)cc(C(=O)O)cc3C2CO)c1. The van der Waals surface area contributed by atoms with E-state index in [1.807, 2.05) is 0 Å². The summed E-state index contributed by atoms with van der Waals surface area (Å²) in [6.45, 7) is -0.262. The molecule has 0 saturated heterocycles. The van der Waals surface area contributed by atoms with Crippen LogP contribution in [0.2, 0.25) is 0 Å². The average Bonchev–Trinajstić information content (AvgIpc) is 2.98. The number of ether oxygens (including phenoxy) is 3. The summed E-state index contributed by atoms with van der Waals surface area (Å²) < 4.78 is 16.4. The maximum Gasteiger partial charge on any atom is 0.335 e. The lowest BCUT2D eigenvalue weighted by molar-refractivity contribution is 0.0696. The van der Waals surface area contributed by atoms with Crippen LogP contribution in [0.3, 0.4) is 0 Å². The summed E-state index contributed by atoms with van der Waals surface area (Å²) in [6.07, 6.45) is -0.612. The molecule has 1 aliphatic heterocycles. The van der Waals surface area contributed by atoms with Crippen LogP contribution in [0.15, 0.2) is 30.3 Å². The molecule has 2 atom stereocenters. The lowest BCUT2D eigenvalue weighted by atomic mass is 9.90. The minimum Gasteiger partial charge on any atom is -0.508 e. The number of phenolic OH excluding ortho intramolecular Hbond substituents is 1. The molecule has 0 spiro atoms. The Balaban J connectivity index is 2.10. The van der Waals surface area contributed by atoms with Crippen molar-refractivity contribution >= 4 is 5.97 Å². The summed E-state index contributed by atoms with van der Waals surface area (Å²) >= 11 is 0. The Morgan fingerprint density at radius 1 is 1.16 bits per heavy atom. The summed E-state index contributed by atoms with van der Waals surface area (Å²) in [5.41, 5.74) is 1.20. The molecule has 132 valence electrons. The Hall–Kier alpha value is -2.93. The van der Waals surface area contributed by atoms with E-state index in [9.17, 15) is 20.1 Å². The average molecular weight is 346 g/mol. The normalized spacial score (nSPS) is 18.4. The first-order chi connectivity index (χ1) is 12.0. The van der Waals surface area contributed by atoms with Crippen LogP contribution in [0.1, 0.15) is 33.5 Å². The van der Waals surface area contributed by atoms with Gasteiger partial charge in [-0.25, -0.2) is 4.79 Å². The first-order valence-corrected chi connectivity index (χ1v) is 7.59. The molecule has 0 saturated carbocycles. The summed E-state index contributed by atoms with van der Waals surface area (Å²) in [7, 11) is 2.90. The number of aliphatic hydroxyl groups excluding tert-OH is 1. The predicted molar refractivity (Wildman–Crippen MR) is 87.8 cm³/mol. The van der Waals surface area contributed by atoms with E-state index in [0.717, 1.165) is 0 Å². The van der Waals surface area contributed by atoms with Gasteiger partial charge in [0.1, 0.15) is 17.6 Å². The summed E-state index contributed by atoms with van der Waals surface area (Å²) in [6, 6.07) is 7.53. The number of carboxylic acid groups (broad SMARTS) is 1. The van der Waals surface area contributed by atoms with Crippen molar-refractivity contribution in [2.24, 2.45) is 0 Å². The quantitative estimate of drug-likeness (QED) is 0.763. The largest absolute Gasteiger partial charge is 0.508 e. The molecule has 3 N–H and O–H groups in total. The molecule has 2 aromatic rings. The first-order valence-electron chi connectivity index (χ1n) is 7.59. The topological polar surface area (TPSA) is 105 Å². The zero-order chi connectivity index (χ0) is 18.1. The fourth-order valence-corrected chi connectivity index (χ4v) is 3.05. The minimum atomic E-state index is -1.10. The van der Waals surface area contributed by atoms with Gasteiger partial charge in [-0.05, 0) is 24.3 Å². The lowest BCUT2D eigenvalue weighted by Crippen LogP contribution is -2.13. The van der Waals surface area contributed by atoms with Gasteiger partial charge in [-0.2, -0.15) is 0 Å². The number of benzene rings is 2. The van der Waals surface area contributed by atoms with Gasteiger partial charge in [0.15, 0.2) is 11.5 Å².